The van der Waals surface area contributed by atoms with Gasteiger partial charge in [-0.1, -0.05) is 72.1 Å². The third-order valence-corrected chi connectivity index (χ3v) is 4.53. The highest BCUT2D eigenvalue weighted by molar-refractivity contribution is 4.83. The minimum atomic E-state index is 0.441. The van der Waals surface area contributed by atoms with Gasteiger partial charge in [-0.15, -0.1) is 0 Å². The Hall–Kier alpha value is -0.0400. The molecule has 0 bridgehead atoms. The van der Waals surface area contributed by atoms with Gasteiger partial charge in [-0.3, -0.25) is 0 Å². The Labute approximate surface area is 116 Å². The highest BCUT2D eigenvalue weighted by Gasteiger charge is 2.26. The molecule has 0 saturated carbocycles. The molecule has 0 atom stereocenters. The van der Waals surface area contributed by atoms with E-state index in [2.05, 4.69) is 39.6 Å². The Bertz CT molecular complexity index is 164. The SMILES string of the molecule is CCCCCCC(C)(CCCCCC)N(C)CC. The minimum absolute atomic E-state index is 0.441. The smallest absolute Gasteiger partial charge is 0.0178 e. The normalized spacial score (nSPS) is 12.3. The molecule has 0 unspecified atom stereocenters. The molecular formula is C17H37N. The standard InChI is InChI=1S/C17H37N/c1-6-9-11-13-15-17(4,18(5)8-3)16-14-12-10-7-2/h6-16H2,1-5H3. The van der Waals surface area contributed by atoms with Gasteiger partial charge in [-0.2, -0.15) is 0 Å². The minimum Gasteiger partial charge on any atom is -0.301 e. The summed E-state index contributed by atoms with van der Waals surface area (Å²) in [6.45, 7) is 10.5. The lowest BCUT2D eigenvalue weighted by Crippen LogP contribution is -2.43. The molecule has 0 rings (SSSR count). The molecule has 0 aromatic heterocycles. The monoisotopic (exact) mass is 255 g/mol. The van der Waals surface area contributed by atoms with E-state index in [4.69, 9.17) is 0 Å². The van der Waals surface area contributed by atoms with E-state index in [1.807, 2.05) is 0 Å². The van der Waals surface area contributed by atoms with Crippen molar-refractivity contribution < 1.29 is 0 Å². The second-order valence-electron chi connectivity index (χ2n) is 6.13. The second kappa shape index (κ2) is 10.8. The van der Waals surface area contributed by atoms with Crippen LogP contribution in [0.4, 0.5) is 0 Å². The van der Waals surface area contributed by atoms with E-state index in [0.29, 0.717) is 5.54 Å². The van der Waals surface area contributed by atoms with Crippen molar-refractivity contribution in [1.82, 2.24) is 4.90 Å². The Morgan fingerprint density at radius 3 is 1.50 bits per heavy atom. The van der Waals surface area contributed by atoms with Crippen LogP contribution in [-0.4, -0.2) is 24.0 Å². The fourth-order valence-corrected chi connectivity index (χ4v) is 2.75. The molecule has 0 aliphatic rings. The predicted molar refractivity (Wildman–Crippen MR) is 84.2 cm³/mol. The fraction of sp³-hybridized carbons (Fsp3) is 1.00. The van der Waals surface area contributed by atoms with Crippen molar-refractivity contribution in [3.63, 3.8) is 0 Å². The Morgan fingerprint density at radius 1 is 0.722 bits per heavy atom. The molecule has 0 saturated heterocycles. The van der Waals surface area contributed by atoms with Crippen LogP contribution in [0.15, 0.2) is 0 Å². The summed E-state index contributed by atoms with van der Waals surface area (Å²) in [5.41, 5.74) is 0.441. The topological polar surface area (TPSA) is 3.24 Å². The first-order valence-corrected chi connectivity index (χ1v) is 8.32. The summed E-state index contributed by atoms with van der Waals surface area (Å²) in [5, 5.41) is 0. The van der Waals surface area contributed by atoms with Gasteiger partial charge >= 0.3 is 0 Å². The van der Waals surface area contributed by atoms with Crippen molar-refractivity contribution in [3.05, 3.63) is 0 Å². The van der Waals surface area contributed by atoms with Crippen LogP contribution in [0.25, 0.3) is 0 Å². The average molecular weight is 255 g/mol. The maximum Gasteiger partial charge on any atom is 0.0178 e. The lowest BCUT2D eigenvalue weighted by atomic mass is 9.86. The summed E-state index contributed by atoms with van der Waals surface area (Å²) < 4.78 is 0. The van der Waals surface area contributed by atoms with Crippen molar-refractivity contribution in [3.8, 4) is 0 Å². The van der Waals surface area contributed by atoms with Gasteiger partial charge in [-0.25, -0.2) is 0 Å². The van der Waals surface area contributed by atoms with Gasteiger partial charge in [0.05, 0.1) is 0 Å². The maximum absolute atomic E-state index is 2.57. The first-order chi connectivity index (χ1) is 8.60. The van der Waals surface area contributed by atoms with E-state index in [1.54, 1.807) is 0 Å². The summed E-state index contributed by atoms with van der Waals surface area (Å²) in [6, 6.07) is 0. The van der Waals surface area contributed by atoms with E-state index < -0.39 is 0 Å². The van der Waals surface area contributed by atoms with E-state index in [0.717, 1.165) is 0 Å². The van der Waals surface area contributed by atoms with Crippen LogP contribution in [0.3, 0.4) is 0 Å². The molecule has 18 heavy (non-hydrogen) atoms. The van der Waals surface area contributed by atoms with Crippen molar-refractivity contribution in [2.75, 3.05) is 13.6 Å². The zero-order valence-electron chi connectivity index (χ0n) is 13.7. The van der Waals surface area contributed by atoms with Crippen LogP contribution in [-0.2, 0) is 0 Å². The molecule has 0 aliphatic carbocycles. The second-order valence-corrected chi connectivity index (χ2v) is 6.13. The molecule has 0 fully saturated rings. The molecule has 0 N–H and O–H groups in total. The molecule has 110 valence electrons. The Morgan fingerprint density at radius 2 is 1.17 bits per heavy atom. The van der Waals surface area contributed by atoms with Gasteiger partial charge in [0.25, 0.3) is 0 Å². The third-order valence-electron chi connectivity index (χ3n) is 4.53. The largest absolute Gasteiger partial charge is 0.301 e. The van der Waals surface area contributed by atoms with Crippen LogP contribution in [0.1, 0.15) is 91.9 Å². The van der Waals surface area contributed by atoms with Crippen LogP contribution < -0.4 is 0 Å². The molecule has 0 aliphatic heterocycles. The van der Waals surface area contributed by atoms with Crippen molar-refractivity contribution in [1.29, 1.82) is 0 Å². The van der Waals surface area contributed by atoms with Gasteiger partial charge in [0, 0.05) is 5.54 Å². The van der Waals surface area contributed by atoms with Crippen molar-refractivity contribution >= 4 is 0 Å². The van der Waals surface area contributed by atoms with Crippen LogP contribution >= 0.6 is 0 Å². The number of nitrogens with zero attached hydrogens (tertiary/aromatic N) is 1. The van der Waals surface area contributed by atoms with Crippen LogP contribution in [0, 0.1) is 0 Å². The predicted octanol–water partition coefficient (Wildman–Crippen LogP) is 5.64. The molecular weight excluding hydrogens is 218 g/mol. The van der Waals surface area contributed by atoms with Crippen molar-refractivity contribution in [2.24, 2.45) is 0 Å². The Balaban J connectivity index is 4.07. The van der Waals surface area contributed by atoms with Gasteiger partial charge in [0.2, 0.25) is 0 Å². The zero-order chi connectivity index (χ0) is 13.9. The molecule has 0 spiro atoms. The first-order valence-electron chi connectivity index (χ1n) is 8.32. The maximum atomic E-state index is 2.57. The number of rotatable bonds is 12. The molecule has 0 radical (unpaired) electrons. The van der Waals surface area contributed by atoms with Gasteiger partial charge in [-0.05, 0) is 33.4 Å². The lowest BCUT2D eigenvalue weighted by Gasteiger charge is -2.39. The van der Waals surface area contributed by atoms with E-state index in [9.17, 15) is 0 Å². The molecule has 1 nitrogen and oxygen atoms in total. The van der Waals surface area contributed by atoms with Gasteiger partial charge in [0.15, 0.2) is 0 Å². The number of unbranched alkanes of at least 4 members (excludes halogenated alkanes) is 6. The van der Waals surface area contributed by atoms with E-state index in [-0.39, 0.29) is 0 Å². The summed E-state index contributed by atoms with van der Waals surface area (Å²) in [7, 11) is 2.31. The van der Waals surface area contributed by atoms with Crippen molar-refractivity contribution in [2.45, 2.75) is 97.4 Å². The number of hydrogen-bond donors (Lipinski definition) is 0. The lowest BCUT2D eigenvalue weighted by molar-refractivity contribution is 0.115. The summed E-state index contributed by atoms with van der Waals surface area (Å²) in [6.07, 6.45) is 13.9. The third kappa shape index (κ3) is 7.41. The average Bonchev–Trinajstić information content (AvgIpc) is 2.39. The highest BCUT2D eigenvalue weighted by Crippen LogP contribution is 2.27. The quantitative estimate of drug-likeness (QED) is 0.408. The van der Waals surface area contributed by atoms with Gasteiger partial charge in [0.1, 0.15) is 0 Å². The summed E-state index contributed by atoms with van der Waals surface area (Å²) in [4.78, 5) is 2.57. The number of hydrogen-bond acceptors (Lipinski definition) is 1. The zero-order valence-corrected chi connectivity index (χ0v) is 13.7. The molecule has 1 heteroatoms. The van der Waals surface area contributed by atoms with Crippen LogP contribution in [0.2, 0.25) is 0 Å². The fourth-order valence-electron chi connectivity index (χ4n) is 2.75. The highest BCUT2D eigenvalue weighted by atomic mass is 15.2. The Kier molecular flexibility index (Phi) is 10.8. The molecule has 0 amide bonds. The summed E-state index contributed by atoms with van der Waals surface area (Å²) >= 11 is 0. The van der Waals surface area contributed by atoms with Crippen LogP contribution in [0.5, 0.6) is 0 Å². The molecule has 0 aromatic carbocycles. The first kappa shape index (κ1) is 18.0. The van der Waals surface area contributed by atoms with Gasteiger partial charge < -0.3 is 4.90 Å². The van der Waals surface area contributed by atoms with E-state index >= 15 is 0 Å². The molecule has 0 aromatic rings. The van der Waals surface area contributed by atoms with E-state index in [1.165, 1.54) is 70.8 Å². The molecule has 0 heterocycles. The summed E-state index contributed by atoms with van der Waals surface area (Å²) in [5.74, 6) is 0.